The van der Waals surface area contributed by atoms with Gasteiger partial charge in [0.25, 0.3) is 0 Å². The van der Waals surface area contributed by atoms with Crippen molar-refractivity contribution in [2.24, 2.45) is 29.6 Å². The van der Waals surface area contributed by atoms with E-state index in [2.05, 4.69) is 4.98 Å². The Bertz CT molecular complexity index is 707. The Morgan fingerprint density at radius 2 is 1.92 bits per heavy atom. The van der Waals surface area contributed by atoms with Gasteiger partial charge in [0.2, 0.25) is 0 Å². The number of esters is 1. The van der Waals surface area contributed by atoms with Crippen LogP contribution in [0.5, 0.6) is 0 Å². The molecule has 0 amide bonds. The van der Waals surface area contributed by atoms with Gasteiger partial charge in [-0.1, -0.05) is 0 Å². The van der Waals surface area contributed by atoms with Crippen LogP contribution in [0.4, 0.5) is 0 Å². The summed E-state index contributed by atoms with van der Waals surface area (Å²) in [4.78, 5) is 29.2. The van der Waals surface area contributed by atoms with Crippen LogP contribution in [0.15, 0.2) is 5.38 Å². The lowest BCUT2D eigenvalue weighted by molar-refractivity contribution is -0.164. The molecule has 0 N–H and O–H groups in total. The summed E-state index contributed by atoms with van der Waals surface area (Å²) in [5.41, 5.74) is 0.790. The van der Waals surface area contributed by atoms with Crippen molar-refractivity contribution in [1.29, 1.82) is 5.26 Å². The van der Waals surface area contributed by atoms with E-state index in [1.54, 1.807) is 0 Å². The molecular formula is C19H22N2O3S. The topological polar surface area (TPSA) is 80.0 Å². The van der Waals surface area contributed by atoms with Crippen LogP contribution in [-0.4, -0.2) is 23.3 Å². The van der Waals surface area contributed by atoms with Crippen LogP contribution in [0, 0.1) is 47.8 Å². The Morgan fingerprint density at radius 3 is 2.44 bits per heavy atom. The molecule has 25 heavy (non-hydrogen) atoms. The molecule has 6 heteroatoms. The third-order valence-electron chi connectivity index (χ3n) is 6.19. The van der Waals surface area contributed by atoms with Gasteiger partial charge in [-0.25, -0.2) is 4.98 Å². The molecule has 4 fully saturated rings. The Balaban J connectivity index is 1.37. The molecule has 132 valence electrons. The average Bonchev–Trinajstić information content (AvgIpc) is 2.98. The van der Waals surface area contributed by atoms with E-state index in [1.165, 1.54) is 17.8 Å². The van der Waals surface area contributed by atoms with E-state index in [9.17, 15) is 14.9 Å². The van der Waals surface area contributed by atoms with Crippen molar-refractivity contribution in [2.75, 3.05) is 6.61 Å². The van der Waals surface area contributed by atoms with Crippen molar-refractivity contribution in [3.05, 3.63) is 16.1 Å². The Labute approximate surface area is 151 Å². The number of hydrogen-bond acceptors (Lipinski definition) is 6. The van der Waals surface area contributed by atoms with Gasteiger partial charge in [-0.05, 0) is 62.7 Å². The van der Waals surface area contributed by atoms with Crippen LogP contribution in [0.25, 0.3) is 0 Å². The Morgan fingerprint density at radius 1 is 1.28 bits per heavy atom. The summed E-state index contributed by atoms with van der Waals surface area (Å²) < 4.78 is 5.38. The first kappa shape index (κ1) is 16.7. The summed E-state index contributed by atoms with van der Waals surface area (Å²) in [6.45, 7) is 1.50. The predicted molar refractivity (Wildman–Crippen MR) is 91.7 cm³/mol. The fourth-order valence-corrected chi connectivity index (χ4v) is 6.26. The molecular weight excluding hydrogens is 336 g/mol. The molecule has 4 aliphatic carbocycles. The van der Waals surface area contributed by atoms with E-state index >= 15 is 0 Å². The molecule has 5 nitrogen and oxygen atoms in total. The second kappa shape index (κ2) is 6.53. The highest BCUT2D eigenvalue weighted by Gasteiger charge is 2.51. The molecule has 0 saturated heterocycles. The molecule has 0 aliphatic heterocycles. The first-order chi connectivity index (χ1) is 12.0. The number of thiazole rings is 1. The minimum Gasteiger partial charge on any atom is -0.457 e. The minimum absolute atomic E-state index is 0.0387. The lowest BCUT2D eigenvalue weighted by Crippen LogP contribution is -2.48. The number of rotatable bonds is 5. The molecule has 0 spiro atoms. The SMILES string of the molecule is Cc1csc([C@H](C#N)C(=O)COC(=O)C2C3CC4CC(C3)CC2C4)n1. The first-order valence-electron chi connectivity index (χ1n) is 9.06. The second-order valence-electron chi connectivity index (χ2n) is 7.92. The largest absolute Gasteiger partial charge is 0.457 e. The number of nitrogens with zero attached hydrogens (tertiary/aromatic N) is 2. The molecule has 0 aromatic carbocycles. The normalized spacial score (nSPS) is 33.7. The fourth-order valence-electron chi connectivity index (χ4n) is 5.40. The van der Waals surface area contributed by atoms with E-state index < -0.39 is 5.92 Å². The van der Waals surface area contributed by atoms with Crippen molar-refractivity contribution < 1.29 is 14.3 Å². The minimum atomic E-state index is -0.940. The first-order valence-corrected chi connectivity index (χ1v) is 9.94. The van der Waals surface area contributed by atoms with Crippen LogP contribution in [0.1, 0.15) is 48.7 Å². The van der Waals surface area contributed by atoms with E-state index in [4.69, 9.17) is 4.74 Å². The highest BCUT2D eigenvalue weighted by atomic mass is 32.1. The molecule has 1 heterocycles. The summed E-state index contributed by atoms with van der Waals surface area (Å²) in [7, 11) is 0. The van der Waals surface area contributed by atoms with Gasteiger partial charge in [0.15, 0.2) is 18.3 Å². The number of ether oxygens (including phenoxy) is 1. The quantitative estimate of drug-likeness (QED) is 0.755. The maximum absolute atomic E-state index is 12.6. The zero-order chi connectivity index (χ0) is 17.6. The van der Waals surface area contributed by atoms with Gasteiger partial charge in [0.05, 0.1) is 12.0 Å². The van der Waals surface area contributed by atoms with Crippen molar-refractivity contribution in [3.8, 4) is 6.07 Å². The van der Waals surface area contributed by atoms with Crippen LogP contribution >= 0.6 is 11.3 Å². The number of hydrogen-bond donors (Lipinski definition) is 0. The summed E-state index contributed by atoms with van der Waals surface area (Å²) >= 11 is 1.30. The van der Waals surface area contributed by atoms with Crippen LogP contribution < -0.4 is 0 Å². The second-order valence-corrected chi connectivity index (χ2v) is 8.81. The molecule has 1 atom stereocenters. The molecule has 1 aromatic rings. The van der Waals surface area contributed by atoms with E-state index in [0.717, 1.165) is 43.2 Å². The Hall–Kier alpha value is -1.74. The maximum Gasteiger partial charge on any atom is 0.309 e. The Kier molecular flexibility index (Phi) is 4.36. The monoisotopic (exact) mass is 358 g/mol. The van der Waals surface area contributed by atoms with Crippen molar-refractivity contribution >= 4 is 23.1 Å². The molecule has 1 aromatic heterocycles. The number of aromatic nitrogens is 1. The van der Waals surface area contributed by atoms with Gasteiger partial charge in [-0.3, -0.25) is 9.59 Å². The third kappa shape index (κ3) is 3.10. The highest BCUT2D eigenvalue weighted by molar-refractivity contribution is 7.09. The van der Waals surface area contributed by atoms with Gasteiger partial charge >= 0.3 is 5.97 Å². The van der Waals surface area contributed by atoms with Crippen molar-refractivity contribution in [1.82, 2.24) is 4.98 Å². The van der Waals surface area contributed by atoms with E-state index in [-0.39, 0.29) is 24.3 Å². The summed E-state index contributed by atoms with van der Waals surface area (Å²) in [6, 6.07) is 1.99. The fraction of sp³-hybridized carbons (Fsp3) is 0.684. The molecule has 0 unspecified atom stereocenters. The number of carbonyl (C=O) groups excluding carboxylic acids is 2. The maximum atomic E-state index is 12.6. The van der Waals surface area contributed by atoms with E-state index in [1.807, 2.05) is 18.4 Å². The smallest absolute Gasteiger partial charge is 0.309 e. The zero-order valence-corrected chi connectivity index (χ0v) is 15.1. The summed E-state index contributed by atoms with van der Waals surface area (Å²) in [6.07, 6.45) is 5.89. The highest BCUT2D eigenvalue weighted by Crippen LogP contribution is 2.56. The molecule has 0 radical (unpaired) electrons. The number of nitriles is 1. The van der Waals surface area contributed by atoms with Crippen LogP contribution in [-0.2, 0) is 14.3 Å². The number of aryl methyl sites for hydroxylation is 1. The summed E-state index contributed by atoms with van der Waals surface area (Å²) in [5.74, 6) is 0.879. The van der Waals surface area contributed by atoms with Gasteiger partial charge < -0.3 is 4.74 Å². The van der Waals surface area contributed by atoms with Gasteiger partial charge in [-0.15, -0.1) is 11.3 Å². The summed E-state index contributed by atoms with van der Waals surface area (Å²) in [5, 5.41) is 11.6. The molecule has 4 saturated carbocycles. The number of ketones is 1. The predicted octanol–water partition coefficient (Wildman–Crippen LogP) is 3.24. The van der Waals surface area contributed by atoms with Crippen LogP contribution in [0.3, 0.4) is 0 Å². The van der Waals surface area contributed by atoms with Gasteiger partial charge in [-0.2, -0.15) is 5.26 Å². The standard InChI is InChI=1S/C19H22N2O3S/c1-10-9-25-18(21-10)15(7-20)16(22)8-24-19(23)17-13-3-11-2-12(5-13)6-14(17)4-11/h9,11-15,17H,2-6,8H2,1H3/t11?,12?,13?,14?,15-,17?/m1/s1. The molecule has 5 rings (SSSR count). The lowest BCUT2D eigenvalue weighted by Gasteiger charge is -2.53. The number of Topliss-reactive ketones (excluding diaryl/α,β-unsaturated/α-hetero) is 1. The number of carbonyl (C=O) groups is 2. The molecule has 4 aliphatic rings. The third-order valence-corrected chi connectivity index (χ3v) is 7.22. The van der Waals surface area contributed by atoms with Gasteiger partial charge in [0, 0.05) is 11.1 Å². The molecule has 4 bridgehead atoms. The van der Waals surface area contributed by atoms with Crippen molar-refractivity contribution in [3.63, 3.8) is 0 Å². The zero-order valence-electron chi connectivity index (χ0n) is 14.3. The average molecular weight is 358 g/mol. The van der Waals surface area contributed by atoms with E-state index in [0.29, 0.717) is 16.8 Å². The lowest BCUT2D eigenvalue weighted by atomic mass is 9.52. The van der Waals surface area contributed by atoms with Gasteiger partial charge in [0.1, 0.15) is 5.01 Å². The van der Waals surface area contributed by atoms with Crippen LogP contribution in [0.2, 0.25) is 0 Å². The van der Waals surface area contributed by atoms with Crippen molar-refractivity contribution in [2.45, 2.75) is 44.9 Å².